The molecule has 1 saturated carbocycles. The van der Waals surface area contributed by atoms with Gasteiger partial charge in [-0.2, -0.15) is 0 Å². The third-order valence-electron chi connectivity index (χ3n) is 3.98. The molecule has 1 aromatic rings. The number of carbonyl (C=O) groups is 2. The molecule has 3 nitrogen and oxygen atoms in total. The Labute approximate surface area is 107 Å². The summed E-state index contributed by atoms with van der Waals surface area (Å²) in [6.07, 6.45) is 5.08. The Morgan fingerprint density at radius 3 is 2.72 bits per heavy atom. The molecule has 2 aliphatic rings. The van der Waals surface area contributed by atoms with E-state index in [2.05, 4.69) is 17.4 Å². The van der Waals surface area contributed by atoms with E-state index in [1.807, 2.05) is 6.07 Å². The Hall–Kier alpha value is -1.64. The summed E-state index contributed by atoms with van der Waals surface area (Å²) < 4.78 is 0. The highest BCUT2D eigenvalue weighted by Gasteiger charge is 2.21. The van der Waals surface area contributed by atoms with Crippen LogP contribution in [-0.2, 0) is 22.4 Å². The molecular weight excluding hydrogens is 226 g/mol. The zero-order valence-electron chi connectivity index (χ0n) is 10.4. The molecule has 18 heavy (non-hydrogen) atoms. The quantitative estimate of drug-likeness (QED) is 0.867. The molecule has 3 rings (SSSR count). The molecule has 0 unspecified atom stereocenters. The summed E-state index contributed by atoms with van der Waals surface area (Å²) in [5.74, 6) is 1.13. The number of ketones is 1. The van der Waals surface area contributed by atoms with Crippen LogP contribution in [0.2, 0.25) is 0 Å². The zero-order valence-corrected chi connectivity index (χ0v) is 10.4. The van der Waals surface area contributed by atoms with Crippen LogP contribution in [0, 0.1) is 5.92 Å². The number of carbonyl (C=O) groups excluding carboxylic acids is 2. The third kappa shape index (κ3) is 2.30. The number of hydrogen-bond donors (Lipinski definition) is 1. The summed E-state index contributed by atoms with van der Waals surface area (Å²) in [6, 6.07) is 6.24. The molecule has 1 aliphatic carbocycles. The SMILES string of the molecule is O=C1CCC(Cc2ccc3c(c2)CC(=O)N3)CC1. The van der Waals surface area contributed by atoms with E-state index >= 15 is 0 Å². The number of hydrogen-bond acceptors (Lipinski definition) is 2. The van der Waals surface area contributed by atoms with E-state index in [0.717, 1.165) is 43.4 Å². The fraction of sp³-hybridized carbons (Fsp3) is 0.467. The van der Waals surface area contributed by atoms with E-state index in [9.17, 15) is 9.59 Å². The van der Waals surface area contributed by atoms with Crippen molar-refractivity contribution in [1.29, 1.82) is 0 Å². The Bertz CT molecular complexity index is 497. The maximum Gasteiger partial charge on any atom is 0.228 e. The second-order valence-corrected chi connectivity index (χ2v) is 5.40. The predicted octanol–water partition coefficient (Wildman–Crippen LogP) is 2.48. The highest BCUT2D eigenvalue weighted by Crippen LogP contribution is 2.28. The van der Waals surface area contributed by atoms with Gasteiger partial charge in [0.15, 0.2) is 0 Å². The Balaban J connectivity index is 1.69. The fourth-order valence-electron chi connectivity index (χ4n) is 2.95. The van der Waals surface area contributed by atoms with Gasteiger partial charge in [-0.1, -0.05) is 12.1 Å². The number of fused-ring (bicyclic) bond motifs is 1. The standard InChI is InChI=1S/C15H17NO2/c17-13-4-1-10(2-5-13)7-11-3-6-14-12(8-11)9-15(18)16-14/h3,6,8,10H,1-2,4-5,7,9H2,(H,16,18). The van der Waals surface area contributed by atoms with Crippen molar-refractivity contribution in [3.05, 3.63) is 29.3 Å². The number of nitrogens with one attached hydrogen (secondary N) is 1. The smallest absolute Gasteiger partial charge is 0.228 e. The maximum absolute atomic E-state index is 11.3. The molecule has 0 radical (unpaired) electrons. The topological polar surface area (TPSA) is 46.2 Å². The van der Waals surface area contributed by atoms with Gasteiger partial charge in [-0.25, -0.2) is 0 Å². The normalized spacial score (nSPS) is 19.8. The van der Waals surface area contributed by atoms with Crippen molar-refractivity contribution < 1.29 is 9.59 Å². The van der Waals surface area contributed by atoms with Gasteiger partial charge in [0, 0.05) is 18.5 Å². The number of anilines is 1. The van der Waals surface area contributed by atoms with Crippen LogP contribution in [-0.4, -0.2) is 11.7 Å². The van der Waals surface area contributed by atoms with Crippen LogP contribution < -0.4 is 5.32 Å². The molecule has 3 heteroatoms. The lowest BCUT2D eigenvalue weighted by Gasteiger charge is -2.21. The van der Waals surface area contributed by atoms with Crippen LogP contribution >= 0.6 is 0 Å². The minimum Gasteiger partial charge on any atom is -0.326 e. The van der Waals surface area contributed by atoms with E-state index in [0.29, 0.717) is 18.1 Å². The van der Waals surface area contributed by atoms with E-state index in [1.54, 1.807) is 0 Å². The summed E-state index contributed by atoms with van der Waals surface area (Å²) >= 11 is 0. The molecule has 1 aliphatic heterocycles. The van der Waals surface area contributed by atoms with Crippen molar-refractivity contribution in [2.45, 2.75) is 38.5 Å². The Kier molecular flexibility index (Phi) is 2.90. The molecular formula is C15H17NO2. The summed E-state index contributed by atoms with van der Waals surface area (Å²) in [4.78, 5) is 22.5. The molecule has 94 valence electrons. The van der Waals surface area contributed by atoms with Crippen molar-refractivity contribution in [2.75, 3.05) is 5.32 Å². The molecule has 1 amide bonds. The predicted molar refractivity (Wildman–Crippen MR) is 69.4 cm³/mol. The monoisotopic (exact) mass is 243 g/mol. The molecule has 1 heterocycles. The Morgan fingerprint density at radius 2 is 1.94 bits per heavy atom. The highest BCUT2D eigenvalue weighted by molar-refractivity contribution is 5.99. The van der Waals surface area contributed by atoms with Crippen molar-refractivity contribution in [1.82, 2.24) is 0 Å². The van der Waals surface area contributed by atoms with E-state index in [1.165, 1.54) is 5.56 Å². The van der Waals surface area contributed by atoms with Gasteiger partial charge in [0.1, 0.15) is 5.78 Å². The van der Waals surface area contributed by atoms with Gasteiger partial charge in [-0.3, -0.25) is 9.59 Å². The number of Topliss-reactive ketones (excluding diaryl/α,β-unsaturated/α-hetero) is 1. The van der Waals surface area contributed by atoms with E-state index in [-0.39, 0.29) is 5.91 Å². The fourth-order valence-corrected chi connectivity index (χ4v) is 2.95. The van der Waals surface area contributed by atoms with Gasteiger partial charge in [0.25, 0.3) is 0 Å². The first-order chi connectivity index (χ1) is 8.70. The molecule has 0 atom stereocenters. The zero-order chi connectivity index (χ0) is 12.5. The molecule has 1 fully saturated rings. The van der Waals surface area contributed by atoms with Gasteiger partial charge >= 0.3 is 0 Å². The van der Waals surface area contributed by atoms with Crippen molar-refractivity contribution in [3.63, 3.8) is 0 Å². The first-order valence-corrected chi connectivity index (χ1v) is 6.64. The highest BCUT2D eigenvalue weighted by atomic mass is 16.1. The second-order valence-electron chi connectivity index (χ2n) is 5.40. The second kappa shape index (κ2) is 4.56. The molecule has 0 saturated heterocycles. The first-order valence-electron chi connectivity index (χ1n) is 6.64. The Morgan fingerprint density at radius 1 is 1.17 bits per heavy atom. The van der Waals surface area contributed by atoms with Crippen LogP contribution in [0.4, 0.5) is 5.69 Å². The average molecular weight is 243 g/mol. The molecule has 1 aromatic carbocycles. The van der Waals surface area contributed by atoms with Gasteiger partial charge in [-0.15, -0.1) is 0 Å². The molecule has 0 aromatic heterocycles. The summed E-state index contributed by atoms with van der Waals surface area (Å²) in [6.45, 7) is 0. The average Bonchev–Trinajstić information content (AvgIpc) is 2.71. The van der Waals surface area contributed by atoms with Gasteiger partial charge in [0.05, 0.1) is 6.42 Å². The van der Waals surface area contributed by atoms with E-state index < -0.39 is 0 Å². The van der Waals surface area contributed by atoms with Crippen molar-refractivity contribution in [2.24, 2.45) is 5.92 Å². The van der Waals surface area contributed by atoms with Crippen LogP contribution in [0.5, 0.6) is 0 Å². The number of benzene rings is 1. The van der Waals surface area contributed by atoms with Crippen molar-refractivity contribution in [3.8, 4) is 0 Å². The van der Waals surface area contributed by atoms with Gasteiger partial charge in [0.2, 0.25) is 5.91 Å². The lowest BCUT2D eigenvalue weighted by atomic mass is 9.84. The molecule has 1 N–H and O–H groups in total. The molecule has 0 bridgehead atoms. The summed E-state index contributed by atoms with van der Waals surface area (Å²) in [5.41, 5.74) is 3.37. The van der Waals surface area contributed by atoms with Gasteiger partial charge < -0.3 is 5.32 Å². The lowest BCUT2D eigenvalue weighted by molar-refractivity contribution is -0.121. The molecule has 0 spiro atoms. The van der Waals surface area contributed by atoms with Crippen molar-refractivity contribution >= 4 is 17.4 Å². The van der Waals surface area contributed by atoms with Gasteiger partial charge in [-0.05, 0) is 42.4 Å². The minimum absolute atomic E-state index is 0.0883. The summed E-state index contributed by atoms with van der Waals surface area (Å²) in [5, 5.41) is 2.85. The van der Waals surface area contributed by atoms with Crippen LogP contribution in [0.1, 0.15) is 36.8 Å². The first kappa shape index (κ1) is 11.5. The van der Waals surface area contributed by atoms with Crippen LogP contribution in [0.3, 0.4) is 0 Å². The number of rotatable bonds is 2. The largest absolute Gasteiger partial charge is 0.326 e. The van der Waals surface area contributed by atoms with E-state index in [4.69, 9.17) is 0 Å². The summed E-state index contributed by atoms with van der Waals surface area (Å²) in [7, 11) is 0. The van der Waals surface area contributed by atoms with Crippen LogP contribution in [0.15, 0.2) is 18.2 Å². The van der Waals surface area contributed by atoms with Crippen LogP contribution in [0.25, 0.3) is 0 Å². The number of amides is 1. The minimum atomic E-state index is 0.0883. The lowest BCUT2D eigenvalue weighted by Crippen LogP contribution is -2.15. The maximum atomic E-state index is 11.3. The third-order valence-corrected chi connectivity index (χ3v) is 3.98.